The minimum atomic E-state index is -0.688. The molecular formula is C11H22N4S2. The van der Waals surface area contributed by atoms with Gasteiger partial charge >= 0.3 is 0 Å². The van der Waals surface area contributed by atoms with Crippen molar-refractivity contribution in [2.24, 2.45) is 4.99 Å². The van der Waals surface area contributed by atoms with Crippen LogP contribution in [0.25, 0.3) is 0 Å². The predicted octanol–water partition coefficient (Wildman–Crippen LogP) is 1.94. The Morgan fingerprint density at radius 2 is 1.94 bits per heavy atom. The van der Waals surface area contributed by atoms with Crippen LogP contribution in [0.1, 0.15) is 39.5 Å². The fourth-order valence-electron chi connectivity index (χ4n) is 1.68. The molecule has 17 heavy (non-hydrogen) atoms. The van der Waals surface area contributed by atoms with Crippen molar-refractivity contribution in [3.05, 3.63) is 0 Å². The molecule has 0 amide bonds. The Hall–Kier alpha value is -0.330. The number of nitrogens with zero attached hydrogens (tertiary/aromatic N) is 2. The Balaban J connectivity index is 2.68. The third kappa shape index (κ3) is 4.44. The van der Waals surface area contributed by atoms with Crippen molar-refractivity contribution in [3.63, 3.8) is 0 Å². The number of hydrogen-bond donors (Lipinski definition) is 3. The normalized spacial score (nSPS) is 23.6. The quantitative estimate of drug-likeness (QED) is 0.377. The second-order valence-electron chi connectivity index (χ2n) is 4.19. The van der Waals surface area contributed by atoms with Gasteiger partial charge in [0, 0.05) is 13.1 Å². The van der Waals surface area contributed by atoms with Crippen LogP contribution < -0.4 is 10.6 Å². The number of rotatable bonds is 7. The monoisotopic (exact) mass is 274 g/mol. The van der Waals surface area contributed by atoms with Crippen LogP contribution in [0.4, 0.5) is 0 Å². The first-order valence-corrected chi connectivity index (χ1v) is 7.07. The standard InChI is InChI=1S/C11H22N4S2/c1-3-5-7-15(8-6-4-2)11(17)13-9-12-10(16)14-11/h9,17H,3-8H2,1-2H3,(H2,12,13,14,16). The third-order valence-corrected chi connectivity index (χ3v) is 3.46. The van der Waals surface area contributed by atoms with Crippen molar-refractivity contribution in [2.45, 2.75) is 44.6 Å². The number of thiocarbonyl (C=S) groups is 1. The van der Waals surface area contributed by atoms with Crippen LogP contribution in [0.3, 0.4) is 0 Å². The Labute approximate surface area is 115 Å². The lowest BCUT2D eigenvalue weighted by atomic mass is 10.2. The molecule has 0 saturated carbocycles. The van der Waals surface area contributed by atoms with Gasteiger partial charge in [0.05, 0.1) is 6.34 Å². The molecule has 0 bridgehead atoms. The molecule has 1 atom stereocenters. The van der Waals surface area contributed by atoms with Crippen LogP contribution in [-0.4, -0.2) is 34.6 Å². The molecule has 4 nitrogen and oxygen atoms in total. The van der Waals surface area contributed by atoms with Crippen molar-refractivity contribution >= 4 is 36.3 Å². The zero-order chi connectivity index (χ0) is 12.7. The lowest BCUT2D eigenvalue weighted by molar-refractivity contribution is 0.155. The Morgan fingerprint density at radius 1 is 1.35 bits per heavy atom. The average molecular weight is 274 g/mol. The molecule has 0 fully saturated rings. The van der Waals surface area contributed by atoms with Crippen molar-refractivity contribution < 1.29 is 0 Å². The number of thiol groups is 1. The molecule has 0 aromatic rings. The van der Waals surface area contributed by atoms with E-state index in [4.69, 9.17) is 12.2 Å². The van der Waals surface area contributed by atoms with E-state index in [1.165, 1.54) is 12.8 Å². The van der Waals surface area contributed by atoms with Gasteiger partial charge in [-0.05, 0) is 25.1 Å². The van der Waals surface area contributed by atoms with Gasteiger partial charge in [-0.3, -0.25) is 4.90 Å². The van der Waals surface area contributed by atoms with Crippen molar-refractivity contribution in [1.29, 1.82) is 0 Å². The van der Waals surface area contributed by atoms with E-state index in [9.17, 15) is 0 Å². The fraction of sp³-hybridized carbons (Fsp3) is 0.818. The van der Waals surface area contributed by atoms with Crippen molar-refractivity contribution in [2.75, 3.05) is 13.1 Å². The molecule has 0 aromatic heterocycles. The summed E-state index contributed by atoms with van der Waals surface area (Å²) >= 11 is 9.75. The maximum Gasteiger partial charge on any atom is 0.237 e. The molecule has 2 N–H and O–H groups in total. The summed E-state index contributed by atoms with van der Waals surface area (Å²) in [6.07, 6.45) is 6.24. The second-order valence-corrected chi connectivity index (χ2v) is 5.22. The third-order valence-electron chi connectivity index (χ3n) is 2.73. The number of aliphatic imine (C=N–C) groups is 1. The predicted molar refractivity (Wildman–Crippen MR) is 80.5 cm³/mol. The molecule has 1 heterocycles. The summed E-state index contributed by atoms with van der Waals surface area (Å²) in [6.45, 7) is 6.33. The van der Waals surface area contributed by atoms with Crippen LogP contribution in [0.5, 0.6) is 0 Å². The number of hydrogen-bond acceptors (Lipinski definition) is 4. The van der Waals surface area contributed by atoms with Gasteiger partial charge in [0.2, 0.25) is 5.12 Å². The molecule has 0 aromatic carbocycles. The molecule has 0 aliphatic carbocycles. The van der Waals surface area contributed by atoms with Crippen molar-refractivity contribution in [3.8, 4) is 0 Å². The van der Waals surface area contributed by atoms with Gasteiger partial charge in [0.25, 0.3) is 0 Å². The summed E-state index contributed by atoms with van der Waals surface area (Å²) in [5.74, 6) is 0. The van der Waals surface area contributed by atoms with Gasteiger partial charge in [-0.2, -0.15) is 0 Å². The first-order valence-electron chi connectivity index (χ1n) is 6.22. The summed E-state index contributed by atoms with van der Waals surface area (Å²) < 4.78 is 0. The van der Waals surface area contributed by atoms with E-state index in [0.29, 0.717) is 5.11 Å². The van der Waals surface area contributed by atoms with Crippen LogP contribution in [0.2, 0.25) is 0 Å². The Bertz CT molecular complexity index is 275. The van der Waals surface area contributed by atoms with Crippen LogP contribution >= 0.6 is 24.8 Å². The fourth-order valence-corrected chi connectivity index (χ4v) is 2.32. The van der Waals surface area contributed by atoms with E-state index in [1.54, 1.807) is 6.34 Å². The molecule has 1 aliphatic rings. The summed E-state index contributed by atoms with van der Waals surface area (Å²) in [5, 5.41) is 5.87. The van der Waals surface area contributed by atoms with Crippen LogP contribution in [0, 0.1) is 0 Å². The summed E-state index contributed by atoms with van der Waals surface area (Å²) in [7, 11) is 0. The molecule has 98 valence electrons. The van der Waals surface area contributed by atoms with Gasteiger partial charge in [0.1, 0.15) is 0 Å². The largest absolute Gasteiger partial charge is 0.324 e. The SMILES string of the molecule is CCCCN(CCCC)C1(S)N=CNC(=S)N1. The van der Waals surface area contributed by atoms with E-state index in [1.807, 2.05) is 0 Å². The molecule has 1 rings (SSSR count). The van der Waals surface area contributed by atoms with Gasteiger partial charge in [-0.15, -0.1) is 12.6 Å². The summed E-state index contributed by atoms with van der Waals surface area (Å²) in [4.78, 5) is 6.62. The first-order chi connectivity index (χ1) is 8.12. The summed E-state index contributed by atoms with van der Waals surface area (Å²) in [5.41, 5.74) is 0. The van der Waals surface area contributed by atoms with Crippen molar-refractivity contribution in [1.82, 2.24) is 15.5 Å². The second kappa shape index (κ2) is 7.18. The van der Waals surface area contributed by atoms with E-state index < -0.39 is 5.12 Å². The topological polar surface area (TPSA) is 39.7 Å². The zero-order valence-electron chi connectivity index (χ0n) is 10.6. The molecule has 1 aliphatic heterocycles. The highest BCUT2D eigenvalue weighted by Crippen LogP contribution is 2.21. The molecule has 0 saturated heterocycles. The highest BCUT2D eigenvalue weighted by molar-refractivity contribution is 7.82. The van der Waals surface area contributed by atoms with Crippen LogP contribution in [0.15, 0.2) is 4.99 Å². The lowest BCUT2D eigenvalue weighted by Crippen LogP contribution is -2.61. The number of unbranched alkanes of at least 4 members (excludes halogenated alkanes) is 2. The van der Waals surface area contributed by atoms with Gasteiger partial charge in [-0.1, -0.05) is 26.7 Å². The van der Waals surface area contributed by atoms with Gasteiger partial charge in [-0.25, -0.2) is 4.99 Å². The minimum Gasteiger partial charge on any atom is -0.324 e. The van der Waals surface area contributed by atoms with E-state index >= 15 is 0 Å². The van der Waals surface area contributed by atoms with Gasteiger partial charge < -0.3 is 10.6 Å². The lowest BCUT2D eigenvalue weighted by Gasteiger charge is -2.39. The molecular weight excluding hydrogens is 252 g/mol. The van der Waals surface area contributed by atoms with Crippen LogP contribution in [-0.2, 0) is 0 Å². The maximum absolute atomic E-state index is 5.11. The zero-order valence-corrected chi connectivity index (χ0v) is 12.3. The van der Waals surface area contributed by atoms with Gasteiger partial charge in [0.15, 0.2) is 5.11 Å². The van der Waals surface area contributed by atoms with E-state index in [-0.39, 0.29) is 0 Å². The maximum atomic E-state index is 5.11. The van der Waals surface area contributed by atoms with E-state index in [0.717, 1.165) is 25.9 Å². The Morgan fingerprint density at radius 3 is 2.41 bits per heavy atom. The first kappa shape index (κ1) is 14.7. The molecule has 0 radical (unpaired) electrons. The number of nitrogens with one attached hydrogen (secondary N) is 2. The average Bonchev–Trinajstić information content (AvgIpc) is 2.28. The van der Waals surface area contributed by atoms with E-state index in [2.05, 4.69) is 47.0 Å². The molecule has 1 unspecified atom stereocenters. The molecule has 0 spiro atoms. The summed E-state index contributed by atoms with van der Waals surface area (Å²) in [6, 6.07) is 0. The highest BCUT2D eigenvalue weighted by atomic mass is 32.1. The minimum absolute atomic E-state index is 0.577. The Kier molecular flexibility index (Phi) is 6.22. The molecule has 6 heteroatoms. The highest BCUT2D eigenvalue weighted by Gasteiger charge is 2.33. The smallest absolute Gasteiger partial charge is 0.237 e.